The summed E-state index contributed by atoms with van der Waals surface area (Å²) in [4.78, 5) is 12.2. The molecule has 3 rings (SSSR count). The maximum Gasteiger partial charge on any atom is 0.258 e. The number of halogens is 3. The summed E-state index contributed by atoms with van der Waals surface area (Å²) in [5.74, 6) is -0.211. The molecular formula is C17H15BrCl2N4O2. The molecule has 1 saturated heterocycles. The Bertz CT molecular complexity index is 863. The van der Waals surface area contributed by atoms with Gasteiger partial charge in [0.25, 0.3) is 5.91 Å². The minimum Gasteiger partial charge on any atom is -0.507 e. The highest BCUT2D eigenvalue weighted by molar-refractivity contribution is 9.10. The van der Waals surface area contributed by atoms with E-state index in [0.29, 0.717) is 22.0 Å². The van der Waals surface area contributed by atoms with Gasteiger partial charge in [-0.1, -0.05) is 45.2 Å². The van der Waals surface area contributed by atoms with Gasteiger partial charge in [-0.15, -0.1) is 0 Å². The third kappa shape index (κ3) is 4.55. The zero-order valence-corrected chi connectivity index (χ0v) is 16.4. The van der Waals surface area contributed by atoms with Crippen molar-refractivity contribution in [3.63, 3.8) is 0 Å². The molecular weight excluding hydrogens is 443 g/mol. The normalized spacial score (nSPS) is 19.8. The lowest BCUT2D eigenvalue weighted by atomic mass is 10.0. The molecule has 1 heterocycles. The van der Waals surface area contributed by atoms with E-state index in [9.17, 15) is 9.90 Å². The maximum atomic E-state index is 12.2. The highest BCUT2D eigenvalue weighted by Crippen LogP contribution is 2.29. The number of carbonyl (C=O) groups is 1. The van der Waals surface area contributed by atoms with E-state index in [-0.39, 0.29) is 17.7 Å². The predicted octanol–water partition coefficient (Wildman–Crippen LogP) is 3.52. The van der Waals surface area contributed by atoms with Crippen molar-refractivity contribution in [1.82, 2.24) is 16.3 Å². The Hall–Kier alpha value is -1.64. The number of rotatable bonds is 4. The standard InChI is InChI=1S/C17H15BrCl2N4O2/c18-11-2-4-16(25)10(5-11)8-21-24-17(26)15-7-14(22-23-15)9-1-3-12(19)13(20)6-9/h1-6,8,14-15,22-23,25H,7H2,(H,24,26)/b21-8+. The molecule has 2 unspecified atom stereocenters. The van der Waals surface area contributed by atoms with Crippen molar-refractivity contribution in [3.05, 3.63) is 62.0 Å². The van der Waals surface area contributed by atoms with Crippen LogP contribution in [0.3, 0.4) is 0 Å². The molecule has 1 fully saturated rings. The van der Waals surface area contributed by atoms with Crippen molar-refractivity contribution < 1.29 is 9.90 Å². The minimum absolute atomic E-state index is 0.0707. The topological polar surface area (TPSA) is 85.8 Å². The molecule has 1 aliphatic heterocycles. The highest BCUT2D eigenvalue weighted by atomic mass is 79.9. The summed E-state index contributed by atoms with van der Waals surface area (Å²) in [6.45, 7) is 0. The third-order valence-corrected chi connectivity index (χ3v) is 5.17. The van der Waals surface area contributed by atoms with Crippen LogP contribution in [0.15, 0.2) is 46.0 Å². The van der Waals surface area contributed by atoms with E-state index in [4.69, 9.17) is 23.2 Å². The number of hydrazine groups is 1. The molecule has 136 valence electrons. The quantitative estimate of drug-likeness (QED) is 0.418. The predicted molar refractivity (Wildman–Crippen MR) is 105 cm³/mol. The van der Waals surface area contributed by atoms with E-state index >= 15 is 0 Å². The van der Waals surface area contributed by atoms with Crippen LogP contribution in [-0.2, 0) is 4.79 Å². The molecule has 0 saturated carbocycles. The van der Waals surface area contributed by atoms with Crippen LogP contribution in [0.2, 0.25) is 10.0 Å². The van der Waals surface area contributed by atoms with Gasteiger partial charge in [0, 0.05) is 16.1 Å². The number of phenolic OH excluding ortho intramolecular Hbond substituents is 1. The Kier molecular flexibility index (Phi) is 6.16. The Morgan fingerprint density at radius 2 is 2.04 bits per heavy atom. The summed E-state index contributed by atoms with van der Waals surface area (Å²) in [6, 6.07) is 9.78. The van der Waals surface area contributed by atoms with Crippen molar-refractivity contribution in [2.45, 2.75) is 18.5 Å². The van der Waals surface area contributed by atoms with Gasteiger partial charge >= 0.3 is 0 Å². The smallest absolute Gasteiger partial charge is 0.258 e. The molecule has 1 amide bonds. The molecule has 0 radical (unpaired) electrons. The first-order valence-electron chi connectivity index (χ1n) is 7.71. The van der Waals surface area contributed by atoms with Crippen molar-refractivity contribution in [2.24, 2.45) is 5.10 Å². The number of hydrazone groups is 1. The number of phenols is 1. The molecule has 2 atom stereocenters. The number of aromatic hydroxyl groups is 1. The second-order valence-corrected chi connectivity index (χ2v) is 7.47. The van der Waals surface area contributed by atoms with Gasteiger partial charge in [-0.2, -0.15) is 5.10 Å². The summed E-state index contributed by atoms with van der Waals surface area (Å²) in [6.07, 6.45) is 1.91. The van der Waals surface area contributed by atoms with Gasteiger partial charge in [0.1, 0.15) is 11.8 Å². The lowest BCUT2D eigenvalue weighted by molar-refractivity contribution is -0.122. The zero-order valence-electron chi connectivity index (χ0n) is 13.3. The highest BCUT2D eigenvalue weighted by Gasteiger charge is 2.30. The number of nitrogens with one attached hydrogen (secondary N) is 3. The van der Waals surface area contributed by atoms with Crippen LogP contribution < -0.4 is 16.3 Å². The van der Waals surface area contributed by atoms with Crippen molar-refractivity contribution in [1.29, 1.82) is 0 Å². The molecule has 2 aromatic carbocycles. The van der Waals surface area contributed by atoms with E-state index < -0.39 is 6.04 Å². The average molecular weight is 458 g/mol. The van der Waals surface area contributed by atoms with Crippen LogP contribution in [0.1, 0.15) is 23.6 Å². The van der Waals surface area contributed by atoms with Crippen molar-refractivity contribution >= 4 is 51.3 Å². The minimum atomic E-state index is -0.456. The molecule has 0 bridgehead atoms. The van der Waals surface area contributed by atoms with Gasteiger partial charge in [-0.05, 0) is 42.3 Å². The Morgan fingerprint density at radius 3 is 2.81 bits per heavy atom. The van der Waals surface area contributed by atoms with E-state index in [1.807, 2.05) is 6.07 Å². The van der Waals surface area contributed by atoms with E-state index in [0.717, 1.165) is 10.0 Å². The van der Waals surface area contributed by atoms with E-state index in [1.165, 1.54) is 12.3 Å². The maximum absolute atomic E-state index is 12.2. The number of amides is 1. The number of hydrogen-bond acceptors (Lipinski definition) is 5. The number of carbonyl (C=O) groups excluding carboxylic acids is 1. The number of nitrogens with zero attached hydrogens (tertiary/aromatic N) is 1. The van der Waals surface area contributed by atoms with Crippen LogP contribution in [0.4, 0.5) is 0 Å². The van der Waals surface area contributed by atoms with Gasteiger partial charge in [0.05, 0.1) is 16.3 Å². The van der Waals surface area contributed by atoms with E-state index in [1.54, 1.807) is 24.3 Å². The van der Waals surface area contributed by atoms with Crippen LogP contribution >= 0.6 is 39.1 Å². The lowest BCUT2D eigenvalue weighted by Gasteiger charge is -2.10. The number of benzene rings is 2. The third-order valence-electron chi connectivity index (χ3n) is 3.93. The molecule has 2 aromatic rings. The molecule has 26 heavy (non-hydrogen) atoms. The molecule has 1 aliphatic rings. The first-order chi connectivity index (χ1) is 12.4. The molecule has 4 N–H and O–H groups in total. The Balaban J connectivity index is 1.58. The lowest BCUT2D eigenvalue weighted by Crippen LogP contribution is -2.41. The largest absolute Gasteiger partial charge is 0.507 e. The van der Waals surface area contributed by atoms with Gasteiger partial charge in [-0.3, -0.25) is 4.79 Å². The zero-order chi connectivity index (χ0) is 18.7. The van der Waals surface area contributed by atoms with Gasteiger partial charge in [-0.25, -0.2) is 16.3 Å². The van der Waals surface area contributed by atoms with Crippen LogP contribution in [0, 0.1) is 0 Å². The van der Waals surface area contributed by atoms with Gasteiger partial charge in [0.2, 0.25) is 0 Å². The van der Waals surface area contributed by atoms with Crippen molar-refractivity contribution in [2.75, 3.05) is 0 Å². The molecule has 0 aromatic heterocycles. The first kappa shape index (κ1) is 19.1. The van der Waals surface area contributed by atoms with Crippen LogP contribution in [-0.4, -0.2) is 23.3 Å². The summed E-state index contributed by atoms with van der Waals surface area (Å²) >= 11 is 15.3. The van der Waals surface area contributed by atoms with Crippen molar-refractivity contribution in [3.8, 4) is 5.75 Å². The van der Waals surface area contributed by atoms with Gasteiger partial charge in [0.15, 0.2) is 0 Å². The fourth-order valence-electron chi connectivity index (χ4n) is 2.55. The molecule has 0 aliphatic carbocycles. The van der Waals surface area contributed by atoms with Crippen LogP contribution in [0.25, 0.3) is 0 Å². The Morgan fingerprint density at radius 1 is 1.23 bits per heavy atom. The SMILES string of the molecule is O=C(N/N=C/c1cc(Br)ccc1O)C1CC(c2ccc(Cl)c(Cl)c2)NN1. The summed E-state index contributed by atoms with van der Waals surface area (Å²) in [5.41, 5.74) is 9.90. The average Bonchev–Trinajstić information content (AvgIpc) is 3.10. The summed E-state index contributed by atoms with van der Waals surface area (Å²) in [5, 5.41) is 14.6. The Labute approximate surface area is 168 Å². The second kappa shape index (κ2) is 8.37. The van der Waals surface area contributed by atoms with Gasteiger partial charge < -0.3 is 5.11 Å². The fourth-order valence-corrected chi connectivity index (χ4v) is 3.23. The van der Waals surface area contributed by atoms with E-state index in [2.05, 4.69) is 37.3 Å². The molecule has 9 heteroatoms. The summed E-state index contributed by atoms with van der Waals surface area (Å²) < 4.78 is 0.800. The second-order valence-electron chi connectivity index (χ2n) is 5.74. The van der Waals surface area contributed by atoms with Crippen LogP contribution in [0.5, 0.6) is 5.75 Å². The summed E-state index contributed by atoms with van der Waals surface area (Å²) in [7, 11) is 0. The first-order valence-corrected chi connectivity index (χ1v) is 9.26. The molecule has 6 nitrogen and oxygen atoms in total. The monoisotopic (exact) mass is 456 g/mol. The fraction of sp³-hybridized carbons (Fsp3) is 0.176. The number of hydrogen-bond donors (Lipinski definition) is 4. The molecule has 0 spiro atoms.